The molecule has 4 rings (SSSR count). The van der Waals surface area contributed by atoms with Crippen LogP contribution in [0.3, 0.4) is 0 Å². The Morgan fingerprint density at radius 1 is 1.00 bits per heavy atom. The molecule has 3 aromatic rings. The average Bonchev–Trinajstić information content (AvgIpc) is 3.27. The van der Waals surface area contributed by atoms with Crippen molar-refractivity contribution in [2.24, 2.45) is 0 Å². The van der Waals surface area contributed by atoms with Gasteiger partial charge >= 0.3 is 0 Å². The van der Waals surface area contributed by atoms with Crippen LogP contribution in [0.4, 0.5) is 11.8 Å². The van der Waals surface area contributed by atoms with E-state index in [1.807, 2.05) is 18.2 Å². The summed E-state index contributed by atoms with van der Waals surface area (Å²) in [4.78, 5) is 29.6. The lowest BCUT2D eigenvalue weighted by Crippen LogP contribution is -2.47. The summed E-state index contributed by atoms with van der Waals surface area (Å²) in [5.74, 6) is 2.17. The van der Waals surface area contributed by atoms with Gasteiger partial charge in [-0.25, -0.2) is 15.0 Å². The van der Waals surface area contributed by atoms with Gasteiger partial charge in [0.1, 0.15) is 11.6 Å². The molecule has 1 aliphatic rings. The van der Waals surface area contributed by atoms with Crippen LogP contribution in [0, 0.1) is 0 Å². The van der Waals surface area contributed by atoms with E-state index < -0.39 is 0 Å². The fourth-order valence-corrected chi connectivity index (χ4v) is 2.98. The summed E-state index contributed by atoms with van der Waals surface area (Å²) in [6.45, 7) is 3.68. The first-order chi connectivity index (χ1) is 13.3. The van der Waals surface area contributed by atoms with Gasteiger partial charge in [-0.05, 0) is 30.3 Å². The lowest BCUT2D eigenvalue weighted by atomic mass is 10.2. The molecule has 138 valence electrons. The highest BCUT2D eigenvalue weighted by molar-refractivity contribution is 5.93. The van der Waals surface area contributed by atoms with Crippen LogP contribution in [0.25, 0.3) is 0 Å². The summed E-state index contributed by atoms with van der Waals surface area (Å²) in [5, 5.41) is 2.82. The number of aromatic nitrogens is 3. The predicted molar refractivity (Wildman–Crippen MR) is 101 cm³/mol. The number of amides is 1. The quantitative estimate of drug-likeness (QED) is 0.737. The van der Waals surface area contributed by atoms with Crippen LogP contribution in [0.15, 0.2) is 59.6 Å². The molecule has 0 saturated carbocycles. The van der Waals surface area contributed by atoms with Crippen LogP contribution in [-0.4, -0.2) is 47.0 Å². The van der Waals surface area contributed by atoms with Crippen molar-refractivity contribution in [2.45, 2.75) is 6.54 Å². The molecular formula is C19H20N6O2. The smallest absolute Gasteiger partial charge is 0.253 e. The molecule has 1 amide bonds. The molecule has 8 heteroatoms. The predicted octanol–water partition coefficient (Wildman–Crippen LogP) is 1.72. The summed E-state index contributed by atoms with van der Waals surface area (Å²) >= 11 is 0. The van der Waals surface area contributed by atoms with E-state index in [0.29, 0.717) is 17.9 Å². The molecule has 27 heavy (non-hydrogen) atoms. The van der Waals surface area contributed by atoms with E-state index >= 15 is 0 Å². The van der Waals surface area contributed by atoms with Crippen LogP contribution in [0.5, 0.6) is 0 Å². The largest absolute Gasteiger partial charge is 0.467 e. The van der Waals surface area contributed by atoms with E-state index in [9.17, 15) is 4.79 Å². The number of piperazine rings is 1. The van der Waals surface area contributed by atoms with Gasteiger partial charge in [0.2, 0.25) is 5.95 Å². The molecule has 3 aromatic heterocycles. The van der Waals surface area contributed by atoms with Gasteiger partial charge in [-0.1, -0.05) is 0 Å². The lowest BCUT2D eigenvalue weighted by molar-refractivity contribution is 0.0947. The first-order valence-electron chi connectivity index (χ1n) is 8.83. The summed E-state index contributed by atoms with van der Waals surface area (Å²) in [7, 11) is 0. The van der Waals surface area contributed by atoms with Gasteiger partial charge in [-0.15, -0.1) is 0 Å². The minimum Gasteiger partial charge on any atom is -0.467 e. The highest BCUT2D eigenvalue weighted by Crippen LogP contribution is 2.16. The fraction of sp³-hybridized carbons (Fsp3) is 0.263. The molecule has 0 atom stereocenters. The van der Waals surface area contributed by atoms with Crippen molar-refractivity contribution in [3.8, 4) is 0 Å². The Morgan fingerprint density at radius 3 is 2.44 bits per heavy atom. The van der Waals surface area contributed by atoms with Gasteiger partial charge in [0.25, 0.3) is 5.91 Å². The number of nitrogens with zero attached hydrogens (tertiary/aromatic N) is 5. The molecule has 1 aliphatic heterocycles. The van der Waals surface area contributed by atoms with Crippen molar-refractivity contribution in [3.63, 3.8) is 0 Å². The van der Waals surface area contributed by atoms with E-state index in [1.165, 1.54) is 0 Å². The molecule has 4 heterocycles. The monoisotopic (exact) mass is 364 g/mol. The SMILES string of the molecule is O=C(NCc1ccco1)c1ccc(N2CCN(c3ncccn3)CC2)nc1. The Bertz CT molecular complexity index is 859. The van der Waals surface area contributed by atoms with Crippen LogP contribution in [-0.2, 0) is 6.54 Å². The third kappa shape index (κ3) is 4.05. The number of pyridine rings is 1. The van der Waals surface area contributed by atoms with E-state index in [-0.39, 0.29) is 5.91 Å². The number of hydrogen-bond acceptors (Lipinski definition) is 7. The second-order valence-electron chi connectivity index (χ2n) is 6.19. The van der Waals surface area contributed by atoms with Crippen LogP contribution < -0.4 is 15.1 Å². The van der Waals surface area contributed by atoms with Gasteiger partial charge in [0.15, 0.2) is 0 Å². The Kier molecular flexibility index (Phi) is 4.95. The molecule has 1 N–H and O–H groups in total. The third-order valence-electron chi connectivity index (χ3n) is 4.45. The summed E-state index contributed by atoms with van der Waals surface area (Å²) in [5.41, 5.74) is 0.529. The molecule has 0 spiro atoms. The number of carbonyl (C=O) groups excluding carboxylic acids is 1. The third-order valence-corrected chi connectivity index (χ3v) is 4.45. The number of nitrogens with one attached hydrogen (secondary N) is 1. The molecule has 0 bridgehead atoms. The number of anilines is 2. The molecule has 0 aliphatic carbocycles. The van der Waals surface area contributed by atoms with Gasteiger partial charge in [0.05, 0.1) is 18.4 Å². The standard InChI is InChI=1S/C19H20N6O2/c26-18(23-14-16-3-1-12-27-16)15-4-5-17(22-13-15)24-8-10-25(11-9-24)19-20-6-2-7-21-19/h1-7,12-13H,8-11,14H2,(H,23,26). The highest BCUT2D eigenvalue weighted by atomic mass is 16.3. The molecule has 0 unspecified atom stereocenters. The van der Waals surface area contributed by atoms with Crippen molar-refractivity contribution in [3.05, 3.63) is 66.5 Å². The fourth-order valence-electron chi connectivity index (χ4n) is 2.98. The van der Waals surface area contributed by atoms with Crippen molar-refractivity contribution in [1.82, 2.24) is 20.3 Å². The molecule has 1 fully saturated rings. The molecular weight excluding hydrogens is 344 g/mol. The minimum absolute atomic E-state index is 0.170. The summed E-state index contributed by atoms with van der Waals surface area (Å²) in [6.07, 6.45) is 6.71. The van der Waals surface area contributed by atoms with Crippen molar-refractivity contribution in [2.75, 3.05) is 36.0 Å². The van der Waals surface area contributed by atoms with Gasteiger partial charge in [-0.3, -0.25) is 4.79 Å². The summed E-state index contributed by atoms with van der Waals surface area (Å²) < 4.78 is 5.21. The second-order valence-corrected chi connectivity index (χ2v) is 6.19. The number of furan rings is 1. The Balaban J connectivity index is 1.32. The van der Waals surface area contributed by atoms with Crippen LogP contribution in [0.2, 0.25) is 0 Å². The zero-order valence-electron chi connectivity index (χ0n) is 14.8. The number of hydrogen-bond donors (Lipinski definition) is 1. The van der Waals surface area contributed by atoms with Gasteiger partial charge < -0.3 is 19.5 Å². The maximum atomic E-state index is 12.2. The number of rotatable bonds is 5. The molecule has 1 saturated heterocycles. The van der Waals surface area contributed by atoms with Gasteiger partial charge in [-0.2, -0.15) is 0 Å². The second kappa shape index (κ2) is 7.86. The minimum atomic E-state index is -0.170. The Hall–Kier alpha value is -3.42. The Labute approximate surface area is 156 Å². The van der Waals surface area contributed by atoms with Gasteiger partial charge in [0, 0.05) is 44.8 Å². The molecule has 0 aromatic carbocycles. The normalized spacial score (nSPS) is 14.2. The van der Waals surface area contributed by atoms with Crippen LogP contribution in [0.1, 0.15) is 16.1 Å². The van der Waals surface area contributed by atoms with Crippen molar-refractivity contribution in [1.29, 1.82) is 0 Å². The molecule has 8 nitrogen and oxygen atoms in total. The first kappa shape index (κ1) is 17.0. The first-order valence-corrected chi connectivity index (χ1v) is 8.83. The zero-order valence-corrected chi connectivity index (χ0v) is 14.8. The average molecular weight is 364 g/mol. The van der Waals surface area contributed by atoms with Crippen molar-refractivity contribution < 1.29 is 9.21 Å². The summed E-state index contributed by atoms with van der Waals surface area (Å²) in [6, 6.07) is 9.11. The lowest BCUT2D eigenvalue weighted by Gasteiger charge is -2.35. The van der Waals surface area contributed by atoms with Crippen LogP contribution >= 0.6 is 0 Å². The maximum absolute atomic E-state index is 12.2. The topological polar surface area (TPSA) is 87.4 Å². The Morgan fingerprint density at radius 2 is 1.78 bits per heavy atom. The maximum Gasteiger partial charge on any atom is 0.253 e. The highest BCUT2D eigenvalue weighted by Gasteiger charge is 2.20. The van der Waals surface area contributed by atoms with E-state index in [4.69, 9.17) is 4.42 Å². The van der Waals surface area contributed by atoms with E-state index in [2.05, 4.69) is 30.1 Å². The van der Waals surface area contributed by atoms with E-state index in [1.54, 1.807) is 37.0 Å². The molecule has 0 radical (unpaired) electrons. The van der Waals surface area contributed by atoms with E-state index in [0.717, 1.165) is 37.9 Å². The van der Waals surface area contributed by atoms with Crippen molar-refractivity contribution >= 4 is 17.7 Å². The number of carbonyl (C=O) groups is 1. The zero-order chi connectivity index (χ0) is 18.5.